The molecule has 0 saturated carbocycles. The quantitative estimate of drug-likeness (QED) is 0.825. The minimum absolute atomic E-state index is 0.142. The van der Waals surface area contributed by atoms with Gasteiger partial charge in [-0.05, 0) is 48.0 Å². The highest BCUT2D eigenvalue weighted by molar-refractivity contribution is 8.18. The Morgan fingerprint density at radius 1 is 1.17 bits per heavy atom. The number of amidine groups is 1. The Kier molecular flexibility index (Phi) is 4.82. The number of hydrogen-bond donors (Lipinski definition) is 2. The van der Waals surface area contributed by atoms with E-state index in [0.717, 1.165) is 11.1 Å². The van der Waals surface area contributed by atoms with Crippen molar-refractivity contribution in [3.05, 3.63) is 76.7 Å². The zero-order valence-corrected chi connectivity index (χ0v) is 13.9. The number of aliphatic imine (C=N–C) groups is 1. The Morgan fingerprint density at radius 2 is 1.96 bits per heavy atom. The number of carbonyl (C=O) groups excluding carboxylic acids is 1. The summed E-state index contributed by atoms with van der Waals surface area (Å²) >= 11 is 1.29. The normalized spacial score (nSPS) is 18.2. The van der Waals surface area contributed by atoms with Gasteiger partial charge in [0.25, 0.3) is 5.91 Å². The predicted octanol–water partition coefficient (Wildman–Crippen LogP) is 4.23. The van der Waals surface area contributed by atoms with Gasteiger partial charge in [0.15, 0.2) is 5.17 Å². The van der Waals surface area contributed by atoms with Gasteiger partial charge < -0.3 is 10.4 Å². The molecule has 1 fully saturated rings. The maximum Gasteiger partial charge on any atom is 0.264 e. The fraction of sp³-hybridized carbons (Fsp3) is 0.0526. The first-order valence-electron chi connectivity index (χ1n) is 7.42. The van der Waals surface area contributed by atoms with Crippen LogP contribution in [0.5, 0.6) is 5.75 Å². The van der Waals surface area contributed by atoms with Gasteiger partial charge in [0.1, 0.15) is 5.75 Å². The number of allylic oxidation sites excluding steroid dienone is 2. The second-order valence-electron chi connectivity index (χ2n) is 5.30. The van der Waals surface area contributed by atoms with E-state index in [2.05, 4.69) is 10.3 Å². The number of thioether (sulfide) groups is 1. The Balaban J connectivity index is 1.78. The molecular formula is C19H16N2O2S. The molecule has 0 atom stereocenters. The molecule has 0 aliphatic carbocycles. The third-order valence-electron chi connectivity index (χ3n) is 3.26. The summed E-state index contributed by atoms with van der Waals surface area (Å²) in [4.78, 5) is 17.0. The first kappa shape index (κ1) is 16.1. The summed E-state index contributed by atoms with van der Waals surface area (Å²) < 4.78 is 0. The zero-order valence-electron chi connectivity index (χ0n) is 13.1. The number of nitrogens with one attached hydrogen (secondary N) is 1. The molecule has 4 nitrogen and oxygen atoms in total. The molecule has 1 heterocycles. The first-order chi connectivity index (χ1) is 11.6. The topological polar surface area (TPSA) is 61.7 Å². The number of rotatable bonds is 3. The molecule has 24 heavy (non-hydrogen) atoms. The minimum atomic E-state index is -0.167. The number of phenolic OH excluding ortho intramolecular Hbond substituents is 1. The van der Waals surface area contributed by atoms with Gasteiger partial charge in [-0.25, -0.2) is 4.99 Å². The molecule has 5 heteroatoms. The van der Waals surface area contributed by atoms with Crippen molar-refractivity contribution in [2.75, 3.05) is 0 Å². The van der Waals surface area contributed by atoms with Gasteiger partial charge in [-0.2, -0.15) is 0 Å². The molecule has 1 aliphatic rings. The molecule has 0 unspecified atom stereocenters. The van der Waals surface area contributed by atoms with Crippen molar-refractivity contribution in [2.24, 2.45) is 4.99 Å². The number of carbonyl (C=O) groups is 1. The third kappa shape index (κ3) is 4.14. The lowest BCUT2D eigenvalue weighted by Crippen LogP contribution is -2.19. The van der Waals surface area contributed by atoms with Crippen molar-refractivity contribution in [2.45, 2.75) is 6.92 Å². The second-order valence-corrected chi connectivity index (χ2v) is 6.33. The summed E-state index contributed by atoms with van der Waals surface area (Å²) in [6.45, 7) is 1.96. The van der Waals surface area contributed by atoms with Gasteiger partial charge in [0, 0.05) is 6.07 Å². The van der Waals surface area contributed by atoms with E-state index in [9.17, 15) is 9.90 Å². The monoisotopic (exact) mass is 336 g/mol. The summed E-state index contributed by atoms with van der Waals surface area (Å²) in [5.74, 6) is -0.0247. The number of aromatic hydroxyl groups is 1. The van der Waals surface area contributed by atoms with Crippen LogP contribution in [0, 0.1) is 0 Å². The molecule has 2 aromatic rings. The number of phenols is 1. The van der Waals surface area contributed by atoms with Crippen molar-refractivity contribution < 1.29 is 9.90 Å². The molecule has 0 bridgehead atoms. The van der Waals surface area contributed by atoms with Gasteiger partial charge in [0.05, 0.1) is 10.6 Å². The van der Waals surface area contributed by atoms with Crippen LogP contribution >= 0.6 is 11.8 Å². The van der Waals surface area contributed by atoms with Gasteiger partial charge in [-0.1, -0.05) is 42.5 Å². The van der Waals surface area contributed by atoms with Crippen molar-refractivity contribution in [1.29, 1.82) is 0 Å². The fourth-order valence-electron chi connectivity index (χ4n) is 2.22. The van der Waals surface area contributed by atoms with Crippen molar-refractivity contribution in [1.82, 2.24) is 5.32 Å². The summed E-state index contributed by atoms with van der Waals surface area (Å²) in [5, 5.41) is 12.7. The average molecular weight is 336 g/mol. The molecule has 0 radical (unpaired) electrons. The third-order valence-corrected chi connectivity index (χ3v) is 4.17. The Bertz CT molecular complexity index is 855. The van der Waals surface area contributed by atoms with E-state index in [4.69, 9.17) is 0 Å². The lowest BCUT2D eigenvalue weighted by molar-refractivity contribution is -0.115. The van der Waals surface area contributed by atoms with Crippen LogP contribution in [-0.4, -0.2) is 16.2 Å². The Hall–Kier alpha value is -2.79. The molecule has 0 spiro atoms. The summed E-state index contributed by atoms with van der Waals surface area (Å²) in [7, 11) is 0. The van der Waals surface area contributed by atoms with Crippen LogP contribution in [-0.2, 0) is 4.79 Å². The highest BCUT2D eigenvalue weighted by Gasteiger charge is 2.23. The summed E-state index contributed by atoms with van der Waals surface area (Å²) in [6, 6.07) is 16.5. The second kappa shape index (κ2) is 7.19. The van der Waals surface area contributed by atoms with Crippen LogP contribution in [0.3, 0.4) is 0 Å². The number of benzene rings is 2. The summed E-state index contributed by atoms with van der Waals surface area (Å²) in [6.07, 6.45) is 3.86. The molecule has 1 saturated heterocycles. The van der Waals surface area contributed by atoms with E-state index in [1.807, 2.05) is 49.4 Å². The molecule has 3 rings (SSSR count). The van der Waals surface area contributed by atoms with E-state index in [0.29, 0.717) is 15.8 Å². The highest BCUT2D eigenvalue weighted by atomic mass is 32.2. The molecule has 120 valence electrons. The van der Waals surface area contributed by atoms with Crippen molar-refractivity contribution in [3.63, 3.8) is 0 Å². The van der Waals surface area contributed by atoms with Gasteiger partial charge in [-0.3, -0.25) is 4.79 Å². The molecule has 2 N–H and O–H groups in total. The van der Waals surface area contributed by atoms with E-state index in [1.54, 1.807) is 24.3 Å². The lowest BCUT2D eigenvalue weighted by atomic mass is 10.1. The lowest BCUT2D eigenvalue weighted by Gasteiger charge is -1.97. The van der Waals surface area contributed by atoms with Crippen LogP contribution < -0.4 is 5.32 Å². The van der Waals surface area contributed by atoms with Crippen LogP contribution in [0.4, 0.5) is 5.69 Å². The number of amides is 1. The highest BCUT2D eigenvalue weighted by Crippen LogP contribution is 2.28. The standard InChI is InChI=1S/C19H16N2O2S/c1-13(10-14-6-3-2-4-7-14)11-17-18(23)21-19(24-17)20-15-8-5-9-16(22)12-15/h2-12,22H,1H3,(H,20,21,23)/b13-10+,17-11-. The molecule has 2 aromatic carbocycles. The van der Waals surface area contributed by atoms with Gasteiger partial charge in [-0.15, -0.1) is 0 Å². The van der Waals surface area contributed by atoms with E-state index >= 15 is 0 Å². The van der Waals surface area contributed by atoms with E-state index in [1.165, 1.54) is 11.8 Å². The van der Waals surface area contributed by atoms with Crippen LogP contribution in [0.15, 0.2) is 76.1 Å². The fourth-order valence-corrected chi connectivity index (χ4v) is 3.11. The smallest absolute Gasteiger partial charge is 0.264 e. The van der Waals surface area contributed by atoms with E-state index < -0.39 is 0 Å². The SMILES string of the molecule is CC(/C=C1\SC(=Nc2cccc(O)c2)NC1=O)=C\c1ccccc1. The Morgan fingerprint density at radius 3 is 2.71 bits per heavy atom. The minimum Gasteiger partial charge on any atom is -0.508 e. The maximum absolute atomic E-state index is 12.1. The van der Waals surface area contributed by atoms with Crippen molar-refractivity contribution >= 4 is 34.6 Å². The summed E-state index contributed by atoms with van der Waals surface area (Å²) in [5.41, 5.74) is 2.66. The first-order valence-corrected chi connectivity index (χ1v) is 8.24. The van der Waals surface area contributed by atoms with Crippen LogP contribution in [0.25, 0.3) is 6.08 Å². The average Bonchev–Trinajstić information content (AvgIpc) is 2.87. The Labute approximate surface area is 144 Å². The molecule has 1 aliphatic heterocycles. The van der Waals surface area contributed by atoms with Gasteiger partial charge in [0.2, 0.25) is 0 Å². The number of nitrogens with zero attached hydrogens (tertiary/aromatic N) is 1. The molecular weight excluding hydrogens is 320 g/mol. The van der Waals surface area contributed by atoms with Crippen LogP contribution in [0.2, 0.25) is 0 Å². The van der Waals surface area contributed by atoms with E-state index in [-0.39, 0.29) is 11.7 Å². The zero-order chi connectivity index (χ0) is 16.9. The predicted molar refractivity (Wildman–Crippen MR) is 99.1 cm³/mol. The number of hydrogen-bond acceptors (Lipinski definition) is 4. The molecule has 1 amide bonds. The molecule has 0 aromatic heterocycles. The van der Waals surface area contributed by atoms with Gasteiger partial charge >= 0.3 is 0 Å². The largest absolute Gasteiger partial charge is 0.508 e. The maximum atomic E-state index is 12.1. The van der Waals surface area contributed by atoms with Crippen LogP contribution in [0.1, 0.15) is 12.5 Å². The van der Waals surface area contributed by atoms with Crippen molar-refractivity contribution in [3.8, 4) is 5.75 Å².